The number of carbonyl (C=O) groups is 2. The number of nitrogens with two attached hydrogens (primary N) is 1. The molecule has 2 N–H and O–H groups in total. The average molecular weight is 448 g/mol. The molecule has 32 heavy (non-hydrogen) atoms. The van der Waals surface area contributed by atoms with Crippen molar-refractivity contribution in [2.24, 2.45) is 10.7 Å². The van der Waals surface area contributed by atoms with Crippen LogP contribution in [0.1, 0.15) is 31.8 Å². The van der Waals surface area contributed by atoms with E-state index in [0.717, 1.165) is 5.69 Å². The van der Waals surface area contributed by atoms with Crippen molar-refractivity contribution < 1.29 is 18.4 Å². The molecule has 0 aromatic heterocycles. The molecule has 174 valence electrons. The molecule has 0 atom stereocenters. The Kier molecular flexibility index (Phi) is 9.31. The molecule has 2 rings (SSSR count). The summed E-state index contributed by atoms with van der Waals surface area (Å²) >= 11 is 0. The topological polar surface area (TPSA) is 82.2 Å². The van der Waals surface area contributed by atoms with Crippen molar-refractivity contribution in [3.63, 3.8) is 0 Å². The first-order chi connectivity index (χ1) is 14.8. The van der Waals surface area contributed by atoms with Gasteiger partial charge in [-0.1, -0.05) is 0 Å². The highest BCUT2D eigenvalue weighted by Crippen LogP contribution is 2.22. The molecule has 0 aliphatic heterocycles. The van der Waals surface area contributed by atoms with Crippen LogP contribution in [0.3, 0.4) is 0 Å². The molecule has 9 heteroatoms. The summed E-state index contributed by atoms with van der Waals surface area (Å²) in [4.78, 5) is 31.6. The maximum absolute atomic E-state index is 13.9. The monoisotopic (exact) mass is 447 g/mol. The van der Waals surface area contributed by atoms with Gasteiger partial charge < -0.3 is 20.4 Å². The van der Waals surface area contributed by atoms with E-state index in [9.17, 15) is 18.4 Å². The number of anilines is 2. The van der Waals surface area contributed by atoms with Crippen molar-refractivity contribution >= 4 is 29.5 Å². The van der Waals surface area contributed by atoms with E-state index in [0.29, 0.717) is 16.8 Å². The van der Waals surface area contributed by atoms with E-state index in [4.69, 9.17) is 5.73 Å². The van der Waals surface area contributed by atoms with E-state index in [1.807, 2.05) is 14.1 Å². The molecule has 2 aromatic rings. The molecule has 7 nitrogen and oxygen atoms in total. The van der Waals surface area contributed by atoms with Crippen LogP contribution >= 0.6 is 0 Å². The van der Waals surface area contributed by atoms with Gasteiger partial charge in [0.25, 0.3) is 11.8 Å². The van der Waals surface area contributed by atoms with Crippen molar-refractivity contribution in [1.29, 1.82) is 0 Å². The lowest BCUT2D eigenvalue weighted by Gasteiger charge is -2.15. The van der Waals surface area contributed by atoms with Crippen LogP contribution in [0.15, 0.2) is 29.3 Å². The first-order valence-electron chi connectivity index (χ1n) is 9.75. The van der Waals surface area contributed by atoms with Gasteiger partial charge in [-0.05, 0) is 49.2 Å². The molecule has 0 aliphatic rings. The maximum atomic E-state index is 13.9. The minimum atomic E-state index is -0.731. The summed E-state index contributed by atoms with van der Waals surface area (Å²) in [6.07, 6.45) is 1.36. The Bertz CT molecular complexity index is 971. The number of halogens is 2. The molecule has 0 fully saturated rings. The van der Waals surface area contributed by atoms with Crippen molar-refractivity contribution in [2.75, 3.05) is 52.1 Å². The molecule has 0 aliphatic carbocycles. The van der Waals surface area contributed by atoms with Gasteiger partial charge in [0.05, 0.1) is 17.5 Å². The number of amides is 2. The summed E-state index contributed by atoms with van der Waals surface area (Å²) in [7, 11) is 10.7. The predicted octanol–water partition coefficient (Wildman–Crippen LogP) is 3.23. The van der Waals surface area contributed by atoms with Crippen molar-refractivity contribution in [1.82, 2.24) is 4.90 Å². The normalized spacial score (nSPS) is 10.4. The van der Waals surface area contributed by atoms with E-state index in [2.05, 4.69) is 4.99 Å². The molecule has 0 radical (unpaired) electrons. The summed E-state index contributed by atoms with van der Waals surface area (Å²) in [6.45, 7) is 3.37. The summed E-state index contributed by atoms with van der Waals surface area (Å²) < 4.78 is 27.3. The van der Waals surface area contributed by atoms with Gasteiger partial charge in [-0.15, -0.1) is 0 Å². The second-order valence-electron chi connectivity index (χ2n) is 7.91. The first kappa shape index (κ1) is 26.5. The fourth-order valence-electron chi connectivity index (χ4n) is 2.78. The third-order valence-corrected chi connectivity index (χ3v) is 4.44. The summed E-state index contributed by atoms with van der Waals surface area (Å²) in [5, 5.41) is 0. The predicted molar refractivity (Wildman–Crippen MR) is 126 cm³/mol. The summed E-state index contributed by atoms with van der Waals surface area (Å²) in [5.74, 6) is -2.41. The van der Waals surface area contributed by atoms with Crippen LogP contribution in [0.2, 0.25) is 0 Å². The molecular formula is C23H31F2N5O2. The maximum Gasteiger partial charge on any atom is 0.281 e. The van der Waals surface area contributed by atoms with Crippen molar-refractivity contribution in [2.45, 2.75) is 13.8 Å². The number of benzene rings is 2. The molecule has 0 saturated carbocycles. The average Bonchev–Trinajstić information content (AvgIpc) is 2.65. The lowest BCUT2D eigenvalue weighted by molar-refractivity contribution is 0.0988. The Morgan fingerprint density at radius 2 is 1.22 bits per heavy atom. The van der Waals surface area contributed by atoms with E-state index in [-0.39, 0.29) is 11.1 Å². The van der Waals surface area contributed by atoms with Gasteiger partial charge in [-0.25, -0.2) is 8.78 Å². The molecular weight excluding hydrogens is 416 g/mol. The zero-order valence-corrected chi connectivity index (χ0v) is 19.8. The van der Waals surface area contributed by atoms with Gasteiger partial charge in [0, 0.05) is 53.7 Å². The summed E-state index contributed by atoms with van der Waals surface area (Å²) in [5.41, 5.74) is 7.62. The zero-order valence-electron chi connectivity index (χ0n) is 19.8. The molecule has 0 unspecified atom stereocenters. The van der Waals surface area contributed by atoms with E-state index >= 15 is 0 Å². The zero-order chi connectivity index (χ0) is 24.7. The minimum Gasteiger partial charge on any atom is -0.378 e. The number of hydrogen-bond donors (Lipinski definition) is 1. The lowest BCUT2D eigenvalue weighted by Crippen LogP contribution is -2.17. The number of aliphatic imine (C=N–C) groups is 1. The molecule has 2 amide bonds. The second-order valence-corrected chi connectivity index (χ2v) is 7.91. The van der Waals surface area contributed by atoms with E-state index < -0.39 is 23.4 Å². The molecule has 0 bridgehead atoms. The largest absolute Gasteiger partial charge is 0.378 e. The number of primary amides is 1. The minimum absolute atomic E-state index is 0.0266. The van der Waals surface area contributed by atoms with Gasteiger partial charge in [0.15, 0.2) is 0 Å². The number of nitrogens with zero attached hydrogens (tertiary/aromatic N) is 4. The van der Waals surface area contributed by atoms with Gasteiger partial charge in [0.1, 0.15) is 11.6 Å². The third-order valence-electron chi connectivity index (χ3n) is 4.44. The number of rotatable bonds is 5. The third kappa shape index (κ3) is 7.04. The smallest absolute Gasteiger partial charge is 0.281 e. The fourth-order valence-corrected chi connectivity index (χ4v) is 2.78. The van der Waals surface area contributed by atoms with E-state index in [1.54, 1.807) is 68.9 Å². The Morgan fingerprint density at radius 3 is 1.53 bits per heavy atom. The highest BCUT2D eigenvalue weighted by Gasteiger charge is 2.16. The molecule has 0 heterocycles. The van der Waals surface area contributed by atoms with Gasteiger partial charge in [-0.3, -0.25) is 9.59 Å². The quantitative estimate of drug-likeness (QED) is 0.562. The lowest BCUT2D eigenvalue weighted by atomic mass is 10.1. The summed E-state index contributed by atoms with van der Waals surface area (Å²) in [6, 6.07) is 6.13. The van der Waals surface area contributed by atoms with Crippen LogP contribution in [0, 0.1) is 25.5 Å². The molecule has 0 saturated heterocycles. The van der Waals surface area contributed by atoms with Gasteiger partial charge >= 0.3 is 0 Å². The van der Waals surface area contributed by atoms with Gasteiger partial charge in [0.2, 0.25) is 0 Å². The van der Waals surface area contributed by atoms with Crippen molar-refractivity contribution in [3.05, 3.63) is 58.2 Å². The SMILES string of the molecule is Cc1cc(N(C)C)cc(F)c1C(=O)N=CN(C)C.Cc1cc(N(C)C)cc(F)c1C(N)=O. The Labute approximate surface area is 188 Å². The van der Waals surface area contributed by atoms with Crippen LogP contribution in [-0.4, -0.2) is 65.3 Å². The Morgan fingerprint density at radius 1 is 0.812 bits per heavy atom. The standard InChI is InChI=1S/C13H18FN3O.C10H13FN2O/c1-9-6-10(17(4)5)7-11(14)12(9)13(18)15-8-16(2)3;1-6-4-7(13(2)3)5-8(11)9(6)10(12)14/h6-8H,1-5H3;4-5H,1-3H3,(H2,12,14). The number of aryl methyl sites for hydroxylation is 2. The highest BCUT2D eigenvalue weighted by atomic mass is 19.1. The first-order valence-corrected chi connectivity index (χ1v) is 9.75. The van der Waals surface area contributed by atoms with Gasteiger partial charge in [-0.2, -0.15) is 4.99 Å². The second kappa shape index (κ2) is 11.2. The van der Waals surface area contributed by atoms with Crippen LogP contribution in [0.5, 0.6) is 0 Å². The fraction of sp³-hybridized carbons (Fsp3) is 0.348. The molecule has 2 aromatic carbocycles. The van der Waals surface area contributed by atoms with Crippen LogP contribution in [0.4, 0.5) is 20.2 Å². The number of carbonyl (C=O) groups excluding carboxylic acids is 2. The van der Waals surface area contributed by atoms with Crippen LogP contribution in [0.25, 0.3) is 0 Å². The molecule has 0 spiro atoms. The Hall–Kier alpha value is -3.49. The van der Waals surface area contributed by atoms with E-state index in [1.165, 1.54) is 18.5 Å². The van der Waals surface area contributed by atoms with Crippen LogP contribution < -0.4 is 15.5 Å². The Balaban J connectivity index is 0.000000330. The van der Waals surface area contributed by atoms with Crippen molar-refractivity contribution in [3.8, 4) is 0 Å². The number of hydrogen-bond acceptors (Lipinski definition) is 4. The highest BCUT2D eigenvalue weighted by molar-refractivity contribution is 6.00. The van der Waals surface area contributed by atoms with Crippen LogP contribution in [-0.2, 0) is 0 Å².